The molecule has 0 amide bonds. The standard InChI is InChI=1S/C16H16ClN.ClH/c17-16-8-4-7-14-12-18(10-9-15(14)16)11-13-5-2-1-3-6-13;/h1-8H,9-12H2;1H. The number of halogens is 2. The van der Waals surface area contributed by atoms with E-state index in [1.54, 1.807) is 0 Å². The van der Waals surface area contributed by atoms with Crippen LogP contribution in [0.3, 0.4) is 0 Å². The van der Waals surface area contributed by atoms with Crippen LogP contribution in [0.15, 0.2) is 48.5 Å². The maximum absolute atomic E-state index is 6.23. The summed E-state index contributed by atoms with van der Waals surface area (Å²) in [4.78, 5) is 2.48. The van der Waals surface area contributed by atoms with E-state index in [2.05, 4.69) is 41.3 Å². The second-order valence-electron chi connectivity index (χ2n) is 4.82. The predicted octanol–water partition coefficient (Wildman–Crippen LogP) is 4.32. The average molecular weight is 294 g/mol. The fourth-order valence-electron chi connectivity index (χ4n) is 2.60. The Labute approximate surface area is 125 Å². The van der Waals surface area contributed by atoms with Crippen LogP contribution in [0.25, 0.3) is 0 Å². The summed E-state index contributed by atoms with van der Waals surface area (Å²) in [6.07, 6.45) is 1.06. The average Bonchev–Trinajstić information content (AvgIpc) is 2.40. The molecule has 0 N–H and O–H groups in total. The molecule has 0 aliphatic carbocycles. The summed E-state index contributed by atoms with van der Waals surface area (Å²) < 4.78 is 0. The van der Waals surface area contributed by atoms with Gasteiger partial charge >= 0.3 is 0 Å². The van der Waals surface area contributed by atoms with E-state index in [4.69, 9.17) is 11.6 Å². The van der Waals surface area contributed by atoms with Gasteiger partial charge < -0.3 is 0 Å². The summed E-state index contributed by atoms with van der Waals surface area (Å²) in [5.41, 5.74) is 4.09. The molecule has 1 heterocycles. The van der Waals surface area contributed by atoms with Crippen molar-refractivity contribution in [1.82, 2.24) is 4.90 Å². The molecule has 2 aromatic carbocycles. The van der Waals surface area contributed by atoms with Gasteiger partial charge in [0.2, 0.25) is 0 Å². The minimum absolute atomic E-state index is 0. The maximum atomic E-state index is 6.23. The third-order valence-corrected chi connectivity index (χ3v) is 3.89. The van der Waals surface area contributed by atoms with E-state index in [-0.39, 0.29) is 12.4 Å². The lowest BCUT2D eigenvalue weighted by atomic mass is 9.99. The molecule has 1 nitrogen and oxygen atoms in total. The van der Waals surface area contributed by atoms with Gasteiger partial charge in [-0.05, 0) is 29.2 Å². The van der Waals surface area contributed by atoms with Gasteiger partial charge in [0.15, 0.2) is 0 Å². The molecule has 0 saturated heterocycles. The topological polar surface area (TPSA) is 3.24 Å². The zero-order valence-electron chi connectivity index (χ0n) is 10.7. The largest absolute Gasteiger partial charge is 0.294 e. The number of fused-ring (bicyclic) bond motifs is 1. The molecule has 0 bridgehead atoms. The molecule has 1 aliphatic heterocycles. The highest BCUT2D eigenvalue weighted by Crippen LogP contribution is 2.26. The minimum Gasteiger partial charge on any atom is -0.294 e. The van der Waals surface area contributed by atoms with Crippen LogP contribution in [-0.4, -0.2) is 11.4 Å². The maximum Gasteiger partial charge on any atom is 0.0441 e. The summed E-state index contributed by atoms with van der Waals surface area (Å²) >= 11 is 6.23. The molecule has 0 saturated carbocycles. The van der Waals surface area contributed by atoms with Crippen LogP contribution in [0.1, 0.15) is 16.7 Å². The van der Waals surface area contributed by atoms with Crippen molar-refractivity contribution in [2.24, 2.45) is 0 Å². The zero-order valence-corrected chi connectivity index (χ0v) is 12.3. The third-order valence-electron chi connectivity index (χ3n) is 3.54. The Morgan fingerprint density at radius 3 is 2.58 bits per heavy atom. The van der Waals surface area contributed by atoms with E-state index < -0.39 is 0 Å². The molecule has 3 rings (SSSR count). The number of hydrogen-bond acceptors (Lipinski definition) is 1. The Balaban J connectivity index is 0.00000133. The van der Waals surface area contributed by atoms with Crippen molar-refractivity contribution in [3.8, 4) is 0 Å². The second-order valence-corrected chi connectivity index (χ2v) is 5.23. The monoisotopic (exact) mass is 293 g/mol. The van der Waals surface area contributed by atoms with Gasteiger partial charge in [-0.2, -0.15) is 0 Å². The van der Waals surface area contributed by atoms with Crippen LogP contribution < -0.4 is 0 Å². The first-order chi connectivity index (χ1) is 8.83. The molecule has 0 aromatic heterocycles. The van der Waals surface area contributed by atoms with Crippen molar-refractivity contribution in [1.29, 1.82) is 0 Å². The molecule has 0 radical (unpaired) electrons. The van der Waals surface area contributed by atoms with Gasteiger partial charge in [-0.25, -0.2) is 0 Å². The highest BCUT2D eigenvalue weighted by atomic mass is 35.5. The number of benzene rings is 2. The SMILES string of the molecule is Cl.Clc1cccc2c1CCN(Cc1ccccc1)C2. The molecule has 3 heteroatoms. The molecule has 0 fully saturated rings. The van der Waals surface area contributed by atoms with Crippen LogP contribution in [0, 0.1) is 0 Å². The van der Waals surface area contributed by atoms with Crippen LogP contribution >= 0.6 is 24.0 Å². The molecule has 19 heavy (non-hydrogen) atoms. The highest BCUT2D eigenvalue weighted by molar-refractivity contribution is 6.31. The van der Waals surface area contributed by atoms with Crippen LogP contribution in [0.5, 0.6) is 0 Å². The Hall–Kier alpha value is -1.02. The summed E-state index contributed by atoms with van der Waals surface area (Å²) in [6.45, 7) is 3.11. The highest BCUT2D eigenvalue weighted by Gasteiger charge is 2.17. The van der Waals surface area contributed by atoms with Crippen LogP contribution in [-0.2, 0) is 19.5 Å². The number of hydrogen-bond donors (Lipinski definition) is 0. The zero-order chi connectivity index (χ0) is 12.4. The number of nitrogens with zero attached hydrogens (tertiary/aromatic N) is 1. The fourth-order valence-corrected chi connectivity index (χ4v) is 2.89. The fraction of sp³-hybridized carbons (Fsp3) is 0.250. The first kappa shape index (κ1) is 14.4. The van der Waals surface area contributed by atoms with Gasteiger partial charge in [-0.3, -0.25) is 4.90 Å². The number of rotatable bonds is 2. The van der Waals surface area contributed by atoms with Gasteiger partial charge in [0.25, 0.3) is 0 Å². The second kappa shape index (κ2) is 6.42. The molecular weight excluding hydrogens is 277 g/mol. The van der Waals surface area contributed by atoms with Crippen molar-refractivity contribution in [2.45, 2.75) is 19.5 Å². The van der Waals surface area contributed by atoms with Gasteiger partial charge in [0.1, 0.15) is 0 Å². The normalized spacial score (nSPS) is 14.6. The Morgan fingerprint density at radius 2 is 1.79 bits per heavy atom. The first-order valence-corrected chi connectivity index (χ1v) is 6.73. The van der Waals surface area contributed by atoms with Gasteiger partial charge in [-0.1, -0.05) is 54.1 Å². The molecule has 1 aliphatic rings. The lowest BCUT2D eigenvalue weighted by Crippen LogP contribution is -2.30. The molecule has 0 unspecified atom stereocenters. The predicted molar refractivity (Wildman–Crippen MR) is 83.0 cm³/mol. The Morgan fingerprint density at radius 1 is 1.00 bits per heavy atom. The van der Waals surface area contributed by atoms with E-state index in [0.717, 1.165) is 31.1 Å². The lowest BCUT2D eigenvalue weighted by Gasteiger charge is -2.29. The van der Waals surface area contributed by atoms with Crippen molar-refractivity contribution in [3.63, 3.8) is 0 Å². The van der Waals surface area contributed by atoms with Crippen molar-refractivity contribution in [3.05, 3.63) is 70.2 Å². The molecule has 100 valence electrons. The lowest BCUT2D eigenvalue weighted by molar-refractivity contribution is 0.245. The van der Waals surface area contributed by atoms with Crippen molar-refractivity contribution in [2.75, 3.05) is 6.54 Å². The van der Waals surface area contributed by atoms with E-state index in [0.29, 0.717) is 0 Å². The van der Waals surface area contributed by atoms with Crippen molar-refractivity contribution < 1.29 is 0 Å². The van der Waals surface area contributed by atoms with Gasteiger partial charge in [0, 0.05) is 24.7 Å². The smallest absolute Gasteiger partial charge is 0.0441 e. The van der Waals surface area contributed by atoms with E-state index in [9.17, 15) is 0 Å². The van der Waals surface area contributed by atoms with Crippen LogP contribution in [0.2, 0.25) is 5.02 Å². The summed E-state index contributed by atoms with van der Waals surface area (Å²) in [6, 6.07) is 16.9. The Kier molecular flexibility index (Phi) is 4.87. The summed E-state index contributed by atoms with van der Waals surface area (Å²) in [5.74, 6) is 0. The van der Waals surface area contributed by atoms with Gasteiger partial charge in [-0.15, -0.1) is 12.4 Å². The van der Waals surface area contributed by atoms with E-state index in [1.807, 2.05) is 12.1 Å². The Bertz CT molecular complexity index is 540. The molecule has 2 aromatic rings. The van der Waals surface area contributed by atoms with Crippen molar-refractivity contribution >= 4 is 24.0 Å². The molecule has 0 atom stereocenters. The van der Waals surface area contributed by atoms with Gasteiger partial charge in [0.05, 0.1) is 0 Å². The summed E-state index contributed by atoms with van der Waals surface area (Å²) in [7, 11) is 0. The van der Waals surface area contributed by atoms with Crippen LogP contribution in [0.4, 0.5) is 0 Å². The molecule has 0 spiro atoms. The third kappa shape index (κ3) is 3.30. The quantitative estimate of drug-likeness (QED) is 0.797. The minimum atomic E-state index is 0. The molecular formula is C16H17Cl2N. The van der Waals surface area contributed by atoms with E-state index in [1.165, 1.54) is 16.7 Å². The van der Waals surface area contributed by atoms with E-state index >= 15 is 0 Å². The first-order valence-electron chi connectivity index (χ1n) is 6.35. The summed E-state index contributed by atoms with van der Waals surface area (Å²) in [5, 5.41) is 0.923.